The molecule has 0 unspecified atom stereocenters. The van der Waals surface area contributed by atoms with Crippen molar-refractivity contribution in [2.24, 2.45) is 5.92 Å². The van der Waals surface area contributed by atoms with Crippen molar-refractivity contribution in [2.45, 2.75) is 38.1 Å². The molecule has 0 spiro atoms. The van der Waals surface area contributed by atoms with Crippen LogP contribution in [0.5, 0.6) is 0 Å². The Hall–Kier alpha value is -1.11. The molecule has 1 aromatic carbocycles. The highest BCUT2D eigenvalue weighted by Gasteiger charge is 2.27. The van der Waals surface area contributed by atoms with Gasteiger partial charge in [0, 0.05) is 5.02 Å². The highest BCUT2D eigenvalue weighted by Crippen LogP contribution is 2.23. The van der Waals surface area contributed by atoms with Gasteiger partial charge in [-0.3, -0.25) is 4.79 Å². The Kier molecular flexibility index (Phi) is 5.56. The predicted molar refractivity (Wildman–Crippen MR) is 77.4 cm³/mol. The van der Waals surface area contributed by atoms with Gasteiger partial charge in [-0.1, -0.05) is 31.5 Å². The van der Waals surface area contributed by atoms with Crippen molar-refractivity contribution < 1.29 is 18.3 Å². The Morgan fingerprint density at radius 3 is 2.50 bits per heavy atom. The summed E-state index contributed by atoms with van der Waals surface area (Å²) in [6.45, 7) is 5.23. The van der Waals surface area contributed by atoms with Crippen LogP contribution in [0.15, 0.2) is 23.1 Å². The number of carbonyl (C=O) groups is 1. The first-order valence-electron chi connectivity index (χ1n) is 6.15. The van der Waals surface area contributed by atoms with Crippen molar-refractivity contribution in [2.75, 3.05) is 0 Å². The largest absolute Gasteiger partial charge is 0.480 e. The van der Waals surface area contributed by atoms with Crippen LogP contribution in [-0.4, -0.2) is 25.5 Å². The molecule has 0 aliphatic rings. The van der Waals surface area contributed by atoms with E-state index in [1.807, 2.05) is 13.8 Å². The van der Waals surface area contributed by atoms with Crippen molar-refractivity contribution in [3.05, 3.63) is 28.8 Å². The lowest BCUT2D eigenvalue weighted by atomic mass is 10.1. The van der Waals surface area contributed by atoms with Crippen LogP contribution in [-0.2, 0) is 14.8 Å². The smallest absolute Gasteiger partial charge is 0.321 e. The Balaban J connectivity index is 3.10. The molecule has 2 N–H and O–H groups in total. The SMILES string of the molecule is Cc1c(Cl)cccc1S(=O)(=O)N[C@@H](CC(C)C)C(=O)O. The normalized spacial score (nSPS) is 13.4. The van der Waals surface area contributed by atoms with Crippen molar-refractivity contribution in [3.63, 3.8) is 0 Å². The summed E-state index contributed by atoms with van der Waals surface area (Å²) < 4.78 is 26.8. The van der Waals surface area contributed by atoms with Gasteiger partial charge in [-0.25, -0.2) is 8.42 Å². The van der Waals surface area contributed by atoms with E-state index in [0.717, 1.165) is 0 Å². The van der Waals surface area contributed by atoms with E-state index >= 15 is 0 Å². The molecular weight excluding hydrogens is 302 g/mol. The second-order valence-electron chi connectivity index (χ2n) is 5.00. The first-order chi connectivity index (χ1) is 9.15. The number of carboxylic acids is 1. The average Bonchev–Trinajstić information content (AvgIpc) is 2.30. The van der Waals surface area contributed by atoms with Crippen molar-refractivity contribution in [1.29, 1.82) is 0 Å². The standard InChI is InChI=1S/C13H18ClNO4S/c1-8(2)7-11(13(16)17)15-20(18,19)12-6-4-5-10(14)9(12)3/h4-6,8,11,15H,7H2,1-3H3,(H,16,17)/t11-/m0/s1. The third-order valence-electron chi connectivity index (χ3n) is 2.81. The lowest BCUT2D eigenvalue weighted by Crippen LogP contribution is -2.41. The molecule has 0 bridgehead atoms. The molecule has 7 heteroatoms. The summed E-state index contributed by atoms with van der Waals surface area (Å²) in [5.74, 6) is -1.14. The molecule has 0 aromatic heterocycles. The maximum Gasteiger partial charge on any atom is 0.321 e. The third-order valence-corrected chi connectivity index (χ3v) is 4.84. The molecule has 0 heterocycles. The molecule has 0 radical (unpaired) electrons. The number of halogens is 1. The summed E-state index contributed by atoms with van der Waals surface area (Å²) in [5.41, 5.74) is 0.398. The zero-order valence-electron chi connectivity index (χ0n) is 11.6. The predicted octanol–water partition coefficient (Wildman–Crippen LogP) is 2.43. The summed E-state index contributed by atoms with van der Waals surface area (Å²) in [7, 11) is -3.92. The van der Waals surface area contributed by atoms with E-state index < -0.39 is 22.0 Å². The lowest BCUT2D eigenvalue weighted by molar-refractivity contribution is -0.139. The first-order valence-corrected chi connectivity index (χ1v) is 8.01. The van der Waals surface area contributed by atoms with E-state index in [0.29, 0.717) is 10.6 Å². The maximum absolute atomic E-state index is 12.3. The number of benzene rings is 1. The molecular formula is C13H18ClNO4S. The molecule has 0 fully saturated rings. The van der Waals surface area contributed by atoms with Gasteiger partial charge in [0.15, 0.2) is 0 Å². The third kappa shape index (κ3) is 4.19. The van der Waals surface area contributed by atoms with Crippen LogP contribution in [0.25, 0.3) is 0 Å². The van der Waals surface area contributed by atoms with Gasteiger partial charge < -0.3 is 5.11 Å². The van der Waals surface area contributed by atoms with Crippen molar-refractivity contribution >= 4 is 27.6 Å². The van der Waals surface area contributed by atoms with Gasteiger partial charge in [-0.05, 0) is 37.0 Å². The van der Waals surface area contributed by atoms with Crippen LogP contribution in [0.2, 0.25) is 5.02 Å². The summed E-state index contributed by atoms with van der Waals surface area (Å²) in [6.07, 6.45) is 0.216. The van der Waals surface area contributed by atoms with Crippen molar-refractivity contribution in [3.8, 4) is 0 Å². The van der Waals surface area contributed by atoms with E-state index in [1.165, 1.54) is 12.1 Å². The molecule has 0 amide bonds. The molecule has 20 heavy (non-hydrogen) atoms. The van der Waals surface area contributed by atoms with E-state index in [9.17, 15) is 13.2 Å². The van der Waals surface area contributed by atoms with E-state index in [2.05, 4.69) is 4.72 Å². The number of rotatable bonds is 6. The maximum atomic E-state index is 12.3. The van der Waals surface area contributed by atoms with Crippen LogP contribution in [0.3, 0.4) is 0 Å². The number of carboxylic acid groups (broad SMARTS) is 1. The highest BCUT2D eigenvalue weighted by molar-refractivity contribution is 7.89. The van der Waals surface area contributed by atoms with Gasteiger partial charge in [0.2, 0.25) is 10.0 Å². The van der Waals surface area contributed by atoms with Crippen LogP contribution in [0, 0.1) is 12.8 Å². The minimum Gasteiger partial charge on any atom is -0.480 e. The molecule has 112 valence electrons. The van der Waals surface area contributed by atoms with Gasteiger partial charge in [0.05, 0.1) is 4.90 Å². The first kappa shape index (κ1) is 16.9. The van der Waals surface area contributed by atoms with E-state index in [1.54, 1.807) is 13.0 Å². The van der Waals surface area contributed by atoms with E-state index in [-0.39, 0.29) is 17.2 Å². The summed E-state index contributed by atoms with van der Waals surface area (Å²) in [5, 5.41) is 9.43. The number of aliphatic carboxylic acids is 1. The summed E-state index contributed by atoms with van der Waals surface area (Å²) in [4.78, 5) is 11.1. The molecule has 1 atom stereocenters. The fourth-order valence-corrected chi connectivity index (χ4v) is 3.50. The summed E-state index contributed by atoms with van der Waals surface area (Å²) >= 11 is 5.89. The average molecular weight is 320 g/mol. The minimum absolute atomic E-state index is 0.00000567. The number of hydrogen-bond acceptors (Lipinski definition) is 3. The van der Waals surface area contributed by atoms with Crippen LogP contribution >= 0.6 is 11.6 Å². The van der Waals surface area contributed by atoms with Crippen molar-refractivity contribution in [1.82, 2.24) is 4.72 Å². The Morgan fingerprint density at radius 1 is 1.40 bits per heavy atom. The zero-order chi connectivity index (χ0) is 15.5. The van der Waals surface area contributed by atoms with Gasteiger partial charge in [-0.2, -0.15) is 4.72 Å². The molecule has 0 aliphatic heterocycles. The molecule has 1 rings (SSSR count). The highest BCUT2D eigenvalue weighted by atomic mass is 35.5. The molecule has 0 aliphatic carbocycles. The Labute approximate surface area is 124 Å². The fraction of sp³-hybridized carbons (Fsp3) is 0.462. The molecule has 1 aromatic rings. The van der Waals surface area contributed by atoms with Gasteiger partial charge in [0.25, 0.3) is 0 Å². The van der Waals surface area contributed by atoms with E-state index in [4.69, 9.17) is 16.7 Å². The Bertz CT molecular complexity index is 598. The molecule has 0 saturated carbocycles. The van der Waals surface area contributed by atoms with Crippen LogP contribution < -0.4 is 4.72 Å². The zero-order valence-corrected chi connectivity index (χ0v) is 13.1. The van der Waals surface area contributed by atoms with Gasteiger partial charge >= 0.3 is 5.97 Å². The Morgan fingerprint density at radius 2 is 2.00 bits per heavy atom. The minimum atomic E-state index is -3.92. The van der Waals surface area contributed by atoms with Gasteiger partial charge in [-0.15, -0.1) is 0 Å². The van der Waals surface area contributed by atoms with Crippen LogP contribution in [0.4, 0.5) is 0 Å². The quantitative estimate of drug-likeness (QED) is 0.843. The second-order valence-corrected chi connectivity index (χ2v) is 7.09. The van der Waals surface area contributed by atoms with Crippen LogP contribution in [0.1, 0.15) is 25.8 Å². The molecule has 0 saturated heterocycles. The number of sulfonamides is 1. The monoisotopic (exact) mass is 319 g/mol. The number of nitrogens with one attached hydrogen (secondary N) is 1. The topological polar surface area (TPSA) is 83.5 Å². The summed E-state index contributed by atoms with van der Waals surface area (Å²) in [6, 6.07) is 3.34. The second kappa shape index (κ2) is 6.56. The number of hydrogen-bond donors (Lipinski definition) is 2. The fourth-order valence-electron chi connectivity index (χ4n) is 1.80. The molecule has 5 nitrogen and oxygen atoms in total. The van der Waals surface area contributed by atoms with Gasteiger partial charge in [0.1, 0.15) is 6.04 Å². The lowest BCUT2D eigenvalue weighted by Gasteiger charge is -2.17.